The van der Waals surface area contributed by atoms with Gasteiger partial charge in [0.1, 0.15) is 0 Å². The maximum Gasteiger partial charge on any atom is 0.0777 e. The molecule has 2 nitrogen and oxygen atoms in total. The number of rotatable bonds is 2. The molecule has 1 aromatic heterocycles. The number of nitrogens with zero attached hydrogens (tertiary/aromatic N) is 2. The topological polar surface area (TPSA) is 17.8 Å². The van der Waals surface area contributed by atoms with Gasteiger partial charge in [-0.2, -0.15) is 0 Å². The third kappa shape index (κ3) is 2.83. The van der Waals surface area contributed by atoms with E-state index < -0.39 is 0 Å². The van der Waals surface area contributed by atoms with Gasteiger partial charge in [-0.3, -0.25) is 4.98 Å². The molecule has 2 atom stereocenters. The zero-order valence-electron chi connectivity index (χ0n) is 17.6. The monoisotopic (exact) mass is 570 g/mol. The normalized spacial score (nSPS) is 19.2. The van der Waals surface area contributed by atoms with E-state index in [4.69, 9.17) is 4.98 Å². The molecule has 0 saturated heterocycles. The van der Waals surface area contributed by atoms with Crippen molar-refractivity contribution >= 4 is 11.0 Å². The van der Waals surface area contributed by atoms with Gasteiger partial charge in [0.2, 0.25) is 0 Å². The Hall–Kier alpha value is -2.22. The summed E-state index contributed by atoms with van der Waals surface area (Å²) in [6.07, 6.45) is 4.03. The molecule has 4 aromatic rings. The first-order chi connectivity index (χ1) is 14.1. The predicted molar refractivity (Wildman–Crippen MR) is 119 cm³/mol. The molecule has 3 aromatic carbocycles. The molecule has 3 heteroatoms. The van der Waals surface area contributed by atoms with Crippen LogP contribution >= 0.6 is 0 Å². The largest absolute Gasteiger partial charge is 0.333 e. The maximum atomic E-state index is 5.16. The van der Waals surface area contributed by atoms with E-state index in [1.807, 2.05) is 12.1 Å². The van der Waals surface area contributed by atoms with E-state index in [0.717, 1.165) is 28.7 Å². The first-order valence-corrected chi connectivity index (χ1v) is 10.7. The van der Waals surface area contributed by atoms with Crippen molar-refractivity contribution in [2.45, 2.75) is 51.9 Å². The van der Waals surface area contributed by atoms with E-state index >= 15 is 0 Å². The van der Waals surface area contributed by atoms with Crippen LogP contribution in [0.4, 0.5) is 0 Å². The van der Waals surface area contributed by atoms with E-state index in [-0.39, 0.29) is 20.1 Å². The van der Waals surface area contributed by atoms with E-state index in [0.29, 0.717) is 0 Å². The molecule has 2 aliphatic carbocycles. The second-order valence-electron chi connectivity index (χ2n) is 8.97. The Morgan fingerprint density at radius 2 is 1.63 bits per heavy atom. The van der Waals surface area contributed by atoms with Crippen LogP contribution in [-0.4, -0.2) is 9.55 Å². The number of hydrogen-bond acceptors (Lipinski definition) is 1. The number of fused-ring (bicyclic) bond motifs is 6. The zero-order valence-corrected chi connectivity index (χ0v) is 20.0. The van der Waals surface area contributed by atoms with Crippen molar-refractivity contribution in [3.05, 3.63) is 82.4 Å². The Bertz CT molecular complexity index is 1250. The molecule has 1 fully saturated rings. The maximum absolute atomic E-state index is 5.16. The van der Waals surface area contributed by atoms with Gasteiger partial charge in [0.05, 0.1) is 16.9 Å². The van der Waals surface area contributed by atoms with E-state index in [1.165, 1.54) is 47.2 Å². The average Bonchev–Trinajstić information content (AvgIpc) is 3.40. The van der Waals surface area contributed by atoms with Crippen LogP contribution in [0.5, 0.6) is 0 Å². The zero-order chi connectivity index (χ0) is 19.7. The van der Waals surface area contributed by atoms with Crippen LogP contribution in [0.2, 0.25) is 0 Å². The fourth-order valence-corrected chi connectivity index (χ4v) is 5.87. The van der Waals surface area contributed by atoms with E-state index in [1.54, 1.807) is 11.1 Å². The van der Waals surface area contributed by atoms with Crippen molar-refractivity contribution in [2.75, 3.05) is 0 Å². The molecule has 30 heavy (non-hydrogen) atoms. The molecular formula is C27H25IrN2-. The van der Waals surface area contributed by atoms with Crippen LogP contribution in [0.15, 0.2) is 48.5 Å². The quantitative estimate of drug-likeness (QED) is 0.244. The van der Waals surface area contributed by atoms with Gasteiger partial charge in [-0.1, -0.05) is 17.7 Å². The summed E-state index contributed by atoms with van der Waals surface area (Å²) < 4.78 is 2.39. The summed E-state index contributed by atoms with van der Waals surface area (Å²) in [7, 11) is 0. The smallest absolute Gasteiger partial charge is 0.0777 e. The third-order valence-corrected chi connectivity index (χ3v) is 6.98. The second kappa shape index (κ2) is 7.18. The van der Waals surface area contributed by atoms with Crippen molar-refractivity contribution in [3.8, 4) is 17.1 Å². The standard InChI is InChI=1S/C27H25N2.Ir/c1-16-11-17(2)26(18(3)12-16)29-25-15-23-21-10-9-20(13-21)22(23)14-24(25)28-27(29)19-7-5-4-6-8-19;/h4-7,11-12,14-15,20-21H,9-10,13H2,1-3H3;/q-1;. The number of aryl methyl sites for hydroxylation is 3. The molecule has 0 N–H and O–H groups in total. The molecule has 1 saturated carbocycles. The molecule has 0 spiro atoms. The first-order valence-electron chi connectivity index (χ1n) is 10.7. The van der Waals surface area contributed by atoms with Crippen molar-refractivity contribution in [1.29, 1.82) is 0 Å². The molecule has 0 amide bonds. The van der Waals surface area contributed by atoms with Crippen LogP contribution in [0, 0.1) is 26.8 Å². The molecule has 2 bridgehead atoms. The minimum atomic E-state index is 0. The fraction of sp³-hybridized carbons (Fsp3) is 0.296. The first kappa shape index (κ1) is 19.7. The van der Waals surface area contributed by atoms with Gasteiger partial charge in [-0.05, 0) is 86.3 Å². The number of imidazole rings is 1. The Kier molecular flexibility index (Phi) is 4.72. The van der Waals surface area contributed by atoms with Crippen LogP contribution in [0.25, 0.3) is 28.1 Å². The van der Waals surface area contributed by atoms with E-state index in [9.17, 15) is 0 Å². The molecule has 1 heterocycles. The fourth-order valence-electron chi connectivity index (χ4n) is 5.87. The van der Waals surface area contributed by atoms with Gasteiger partial charge in [0.15, 0.2) is 0 Å². The summed E-state index contributed by atoms with van der Waals surface area (Å²) in [4.78, 5) is 5.16. The number of hydrogen-bond donors (Lipinski definition) is 0. The van der Waals surface area contributed by atoms with Crippen molar-refractivity contribution < 1.29 is 20.1 Å². The summed E-state index contributed by atoms with van der Waals surface area (Å²) in [6, 6.07) is 21.0. The summed E-state index contributed by atoms with van der Waals surface area (Å²) in [6.45, 7) is 6.61. The molecule has 1 radical (unpaired) electrons. The van der Waals surface area contributed by atoms with Crippen LogP contribution in [0.1, 0.15) is 58.9 Å². The van der Waals surface area contributed by atoms with Crippen LogP contribution in [-0.2, 0) is 20.1 Å². The molecule has 0 aliphatic heterocycles. The number of benzene rings is 3. The van der Waals surface area contributed by atoms with Gasteiger partial charge in [-0.15, -0.1) is 35.9 Å². The predicted octanol–water partition coefficient (Wildman–Crippen LogP) is 6.78. The summed E-state index contributed by atoms with van der Waals surface area (Å²) >= 11 is 0. The summed E-state index contributed by atoms with van der Waals surface area (Å²) in [5, 5.41) is 0. The molecule has 2 unspecified atom stereocenters. The molecule has 2 aliphatic rings. The third-order valence-electron chi connectivity index (χ3n) is 6.98. The van der Waals surface area contributed by atoms with Gasteiger partial charge in [0, 0.05) is 25.8 Å². The Labute approximate surface area is 191 Å². The SMILES string of the molecule is Cc1cc(C)c(-n2c(-c3[c-]cccc3)nc3cc4c(cc32)C2CCC4C2)c(C)c1.[Ir]. The van der Waals surface area contributed by atoms with Gasteiger partial charge in [0.25, 0.3) is 0 Å². The average molecular weight is 570 g/mol. The van der Waals surface area contributed by atoms with E-state index in [2.05, 4.69) is 67.8 Å². The second-order valence-corrected chi connectivity index (χ2v) is 8.97. The molecular weight excluding hydrogens is 545 g/mol. The Morgan fingerprint density at radius 1 is 0.933 bits per heavy atom. The summed E-state index contributed by atoms with van der Waals surface area (Å²) in [5.74, 6) is 2.49. The minimum absolute atomic E-state index is 0. The van der Waals surface area contributed by atoms with Crippen molar-refractivity contribution in [2.24, 2.45) is 0 Å². The van der Waals surface area contributed by atoms with Crippen molar-refractivity contribution in [3.63, 3.8) is 0 Å². The Morgan fingerprint density at radius 3 is 2.30 bits per heavy atom. The summed E-state index contributed by atoms with van der Waals surface area (Å²) in [5.41, 5.74) is 11.7. The van der Waals surface area contributed by atoms with Crippen molar-refractivity contribution in [1.82, 2.24) is 9.55 Å². The molecule has 153 valence electrons. The van der Waals surface area contributed by atoms with Crippen LogP contribution in [0.3, 0.4) is 0 Å². The number of aromatic nitrogens is 2. The molecule has 6 rings (SSSR count). The van der Waals surface area contributed by atoms with Gasteiger partial charge in [-0.25, -0.2) is 0 Å². The van der Waals surface area contributed by atoms with Crippen LogP contribution < -0.4 is 0 Å². The minimum Gasteiger partial charge on any atom is -0.333 e. The Balaban J connectivity index is 0.00000193. The van der Waals surface area contributed by atoms with Gasteiger partial charge < -0.3 is 4.57 Å². The van der Waals surface area contributed by atoms with Gasteiger partial charge >= 0.3 is 0 Å².